The summed E-state index contributed by atoms with van der Waals surface area (Å²) in [4.78, 5) is 22.6. The van der Waals surface area contributed by atoms with Crippen molar-refractivity contribution in [3.63, 3.8) is 0 Å². The molecule has 0 heterocycles. The number of carbonyl (C=O) groups is 2. The van der Waals surface area contributed by atoms with Gasteiger partial charge in [-0.15, -0.1) is 0 Å². The molecular formula is C17H15NO3. The van der Waals surface area contributed by atoms with E-state index in [1.807, 2.05) is 31.2 Å². The number of carbonyl (C=O) groups excluding carboxylic acids is 1. The lowest BCUT2D eigenvalue weighted by Gasteiger charge is -2.06. The number of hydrogen-bond donors (Lipinski definition) is 2. The molecule has 0 aliphatic carbocycles. The number of anilines is 1. The largest absolute Gasteiger partial charge is 0.478 e. The zero-order chi connectivity index (χ0) is 15.2. The van der Waals surface area contributed by atoms with Crippen LogP contribution in [0.1, 0.15) is 21.5 Å². The average Bonchev–Trinajstić information content (AvgIpc) is 2.48. The smallest absolute Gasteiger partial charge is 0.328 e. The molecule has 0 saturated heterocycles. The number of carboxylic acid groups (broad SMARTS) is 1. The van der Waals surface area contributed by atoms with Gasteiger partial charge in [-0.05, 0) is 42.8 Å². The monoisotopic (exact) mass is 281 g/mol. The van der Waals surface area contributed by atoms with Crippen LogP contribution in [-0.2, 0) is 4.79 Å². The summed E-state index contributed by atoms with van der Waals surface area (Å²) in [6.07, 6.45) is 2.49. The number of carboxylic acids is 1. The average molecular weight is 281 g/mol. The molecule has 0 unspecified atom stereocenters. The normalized spacial score (nSPS) is 10.5. The fraction of sp³-hybridized carbons (Fsp3) is 0.0588. The van der Waals surface area contributed by atoms with Crippen LogP contribution in [-0.4, -0.2) is 17.0 Å². The van der Waals surface area contributed by atoms with Gasteiger partial charge in [-0.2, -0.15) is 0 Å². The second-order valence-corrected chi connectivity index (χ2v) is 4.62. The van der Waals surface area contributed by atoms with Crippen molar-refractivity contribution in [2.24, 2.45) is 0 Å². The van der Waals surface area contributed by atoms with E-state index in [4.69, 9.17) is 5.11 Å². The molecule has 0 saturated carbocycles. The molecule has 0 aliphatic rings. The molecule has 0 aliphatic heterocycles. The van der Waals surface area contributed by atoms with E-state index in [0.29, 0.717) is 11.1 Å². The van der Waals surface area contributed by atoms with Crippen molar-refractivity contribution in [2.45, 2.75) is 6.92 Å². The Bertz CT molecular complexity index is 687. The summed E-state index contributed by atoms with van der Waals surface area (Å²) >= 11 is 0. The molecule has 0 atom stereocenters. The third-order valence-electron chi connectivity index (χ3n) is 2.88. The number of nitrogens with one attached hydrogen (secondary N) is 1. The summed E-state index contributed by atoms with van der Waals surface area (Å²) in [6, 6.07) is 14.3. The molecule has 4 nitrogen and oxygen atoms in total. The number of aryl methyl sites for hydroxylation is 1. The van der Waals surface area contributed by atoms with Gasteiger partial charge in [0, 0.05) is 17.3 Å². The lowest BCUT2D eigenvalue weighted by Crippen LogP contribution is -2.11. The van der Waals surface area contributed by atoms with Crippen LogP contribution in [0.2, 0.25) is 0 Å². The molecule has 0 aromatic heterocycles. The van der Waals surface area contributed by atoms with Crippen molar-refractivity contribution >= 4 is 23.6 Å². The summed E-state index contributed by atoms with van der Waals surface area (Å²) in [5.74, 6) is -1.26. The van der Waals surface area contributed by atoms with Crippen molar-refractivity contribution in [2.75, 3.05) is 5.32 Å². The Hall–Kier alpha value is -2.88. The first-order chi connectivity index (χ1) is 10.0. The number of hydrogen-bond acceptors (Lipinski definition) is 2. The standard InChI is InChI=1S/C17H15NO3/c1-12-5-8-15(9-6-12)18-17(21)14-4-2-3-13(11-14)7-10-16(19)20/h2-11H,1H3,(H,18,21)(H,19,20)/b10-7+. The Balaban J connectivity index is 2.14. The number of rotatable bonds is 4. The zero-order valence-electron chi connectivity index (χ0n) is 11.5. The maximum Gasteiger partial charge on any atom is 0.328 e. The summed E-state index contributed by atoms with van der Waals surface area (Å²) in [7, 11) is 0. The fourth-order valence-electron chi connectivity index (χ4n) is 1.79. The van der Waals surface area contributed by atoms with Gasteiger partial charge in [-0.1, -0.05) is 29.8 Å². The molecule has 2 N–H and O–H groups in total. The van der Waals surface area contributed by atoms with Gasteiger partial charge in [0.05, 0.1) is 0 Å². The van der Waals surface area contributed by atoms with Gasteiger partial charge in [0.25, 0.3) is 5.91 Å². The van der Waals surface area contributed by atoms with E-state index in [2.05, 4.69) is 5.32 Å². The van der Waals surface area contributed by atoms with E-state index in [1.165, 1.54) is 6.08 Å². The van der Waals surface area contributed by atoms with E-state index >= 15 is 0 Å². The summed E-state index contributed by atoms with van der Waals surface area (Å²) in [6.45, 7) is 1.98. The van der Waals surface area contributed by atoms with Gasteiger partial charge in [0.1, 0.15) is 0 Å². The molecular weight excluding hydrogens is 266 g/mol. The van der Waals surface area contributed by atoms with E-state index < -0.39 is 5.97 Å². The molecule has 2 aromatic carbocycles. The molecule has 0 fully saturated rings. The van der Waals surface area contributed by atoms with Gasteiger partial charge in [0.2, 0.25) is 0 Å². The van der Waals surface area contributed by atoms with Crippen LogP contribution in [0, 0.1) is 6.92 Å². The Morgan fingerprint density at radius 2 is 1.81 bits per heavy atom. The highest BCUT2D eigenvalue weighted by atomic mass is 16.4. The SMILES string of the molecule is Cc1ccc(NC(=O)c2cccc(/C=C/C(=O)O)c2)cc1. The van der Waals surface area contributed by atoms with Crippen LogP contribution in [0.3, 0.4) is 0 Å². The lowest BCUT2D eigenvalue weighted by atomic mass is 10.1. The van der Waals surface area contributed by atoms with E-state index in [-0.39, 0.29) is 5.91 Å². The first kappa shape index (κ1) is 14.5. The maximum absolute atomic E-state index is 12.1. The molecule has 21 heavy (non-hydrogen) atoms. The van der Waals surface area contributed by atoms with Gasteiger partial charge in [-0.3, -0.25) is 4.79 Å². The number of aliphatic carboxylic acids is 1. The Labute approximate surface area is 122 Å². The topological polar surface area (TPSA) is 66.4 Å². The predicted octanol–water partition coefficient (Wildman–Crippen LogP) is 3.35. The van der Waals surface area contributed by atoms with Crippen molar-refractivity contribution in [1.29, 1.82) is 0 Å². The van der Waals surface area contributed by atoms with Crippen LogP contribution in [0.4, 0.5) is 5.69 Å². The van der Waals surface area contributed by atoms with E-state index in [1.54, 1.807) is 24.3 Å². The predicted molar refractivity (Wildman–Crippen MR) is 82.2 cm³/mol. The molecule has 2 aromatic rings. The molecule has 106 valence electrons. The van der Waals surface area contributed by atoms with E-state index in [9.17, 15) is 9.59 Å². The first-order valence-electron chi connectivity index (χ1n) is 6.44. The Kier molecular flexibility index (Phi) is 4.51. The van der Waals surface area contributed by atoms with Crippen LogP contribution in [0.15, 0.2) is 54.6 Å². The van der Waals surface area contributed by atoms with Crippen molar-refractivity contribution < 1.29 is 14.7 Å². The lowest BCUT2D eigenvalue weighted by molar-refractivity contribution is -0.131. The Morgan fingerprint density at radius 1 is 1.10 bits per heavy atom. The van der Waals surface area contributed by atoms with E-state index in [0.717, 1.165) is 17.3 Å². The van der Waals surface area contributed by atoms with Crippen LogP contribution in [0.25, 0.3) is 6.08 Å². The highest BCUT2D eigenvalue weighted by molar-refractivity contribution is 6.04. The minimum absolute atomic E-state index is 0.232. The molecule has 1 amide bonds. The minimum Gasteiger partial charge on any atom is -0.478 e. The molecule has 2 rings (SSSR count). The van der Waals surface area contributed by atoms with Crippen molar-refractivity contribution in [1.82, 2.24) is 0 Å². The second kappa shape index (κ2) is 6.52. The zero-order valence-corrected chi connectivity index (χ0v) is 11.5. The molecule has 0 radical (unpaired) electrons. The summed E-state index contributed by atoms with van der Waals surface area (Å²) < 4.78 is 0. The summed E-state index contributed by atoms with van der Waals surface area (Å²) in [5, 5.41) is 11.4. The highest BCUT2D eigenvalue weighted by Gasteiger charge is 2.06. The molecule has 4 heteroatoms. The number of benzene rings is 2. The van der Waals surface area contributed by atoms with Crippen molar-refractivity contribution in [3.05, 3.63) is 71.3 Å². The maximum atomic E-state index is 12.1. The van der Waals surface area contributed by atoms with Gasteiger partial charge in [0.15, 0.2) is 0 Å². The minimum atomic E-state index is -1.02. The molecule has 0 spiro atoms. The quantitative estimate of drug-likeness (QED) is 0.845. The van der Waals surface area contributed by atoms with Crippen LogP contribution >= 0.6 is 0 Å². The summed E-state index contributed by atoms with van der Waals surface area (Å²) in [5.41, 5.74) is 2.97. The third-order valence-corrected chi connectivity index (χ3v) is 2.88. The fourth-order valence-corrected chi connectivity index (χ4v) is 1.79. The first-order valence-corrected chi connectivity index (χ1v) is 6.44. The number of amides is 1. The van der Waals surface area contributed by atoms with Gasteiger partial charge < -0.3 is 10.4 Å². The van der Waals surface area contributed by atoms with Crippen LogP contribution < -0.4 is 5.32 Å². The second-order valence-electron chi connectivity index (χ2n) is 4.62. The van der Waals surface area contributed by atoms with Crippen molar-refractivity contribution in [3.8, 4) is 0 Å². The van der Waals surface area contributed by atoms with Crippen LogP contribution in [0.5, 0.6) is 0 Å². The third kappa shape index (κ3) is 4.31. The van der Waals surface area contributed by atoms with Gasteiger partial charge >= 0.3 is 5.97 Å². The molecule has 0 bridgehead atoms. The Morgan fingerprint density at radius 3 is 2.48 bits per heavy atom. The highest BCUT2D eigenvalue weighted by Crippen LogP contribution is 2.12. The van der Waals surface area contributed by atoms with Gasteiger partial charge in [-0.25, -0.2) is 4.79 Å².